The molecule has 1 fully saturated rings. The van der Waals surface area contributed by atoms with E-state index in [1.165, 1.54) is 0 Å². The van der Waals surface area contributed by atoms with Gasteiger partial charge in [0.25, 0.3) is 0 Å². The van der Waals surface area contributed by atoms with Gasteiger partial charge in [0.05, 0.1) is 24.7 Å². The third kappa shape index (κ3) is 4.74. The normalized spacial score (nSPS) is 15.8. The van der Waals surface area contributed by atoms with Gasteiger partial charge in [-0.1, -0.05) is 31.2 Å². The number of aromatic nitrogens is 1. The molecule has 0 spiro atoms. The summed E-state index contributed by atoms with van der Waals surface area (Å²) in [5.74, 6) is -0.348. The van der Waals surface area contributed by atoms with Gasteiger partial charge in [0.1, 0.15) is 0 Å². The fourth-order valence-electron chi connectivity index (χ4n) is 4.88. The first-order valence-corrected chi connectivity index (χ1v) is 11.6. The van der Waals surface area contributed by atoms with Gasteiger partial charge in [-0.25, -0.2) is 4.85 Å². The van der Waals surface area contributed by atoms with Crippen molar-refractivity contribution in [1.29, 1.82) is 0 Å². The van der Waals surface area contributed by atoms with Crippen molar-refractivity contribution in [1.82, 2.24) is 9.47 Å². The predicted octanol–water partition coefficient (Wildman–Crippen LogP) is 4.11. The number of aliphatic hydroxyl groups is 1. The number of hydrogen-bond acceptors (Lipinski definition) is 4. The molecule has 1 atom stereocenters. The van der Waals surface area contributed by atoms with Gasteiger partial charge in [0, 0.05) is 41.8 Å². The Bertz CT molecular complexity index is 1260. The van der Waals surface area contributed by atoms with E-state index in [9.17, 15) is 14.7 Å². The Balaban J connectivity index is 1.80. The van der Waals surface area contributed by atoms with Crippen molar-refractivity contribution in [2.24, 2.45) is 5.73 Å². The van der Waals surface area contributed by atoms with Crippen LogP contribution in [0.4, 0.5) is 5.69 Å². The minimum atomic E-state index is -0.351. The Kier molecular flexibility index (Phi) is 6.82. The molecular formula is C27H30N4O3. The Morgan fingerprint density at radius 2 is 1.85 bits per heavy atom. The van der Waals surface area contributed by atoms with Gasteiger partial charge >= 0.3 is 0 Å². The average Bonchev–Trinajstić information content (AvgIpc) is 3.11. The summed E-state index contributed by atoms with van der Waals surface area (Å²) in [6.07, 6.45) is 1.33. The second-order valence-electron chi connectivity index (χ2n) is 9.20. The van der Waals surface area contributed by atoms with Crippen LogP contribution in [0, 0.1) is 13.5 Å². The lowest BCUT2D eigenvalue weighted by atomic mass is 9.95. The minimum absolute atomic E-state index is 0.0472. The lowest BCUT2D eigenvalue weighted by molar-refractivity contribution is -0.118. The molecule has 34 heavy (non-hydrogen) atoms. The Labute approximate surface area is 199 Å². The topological polar surface area (TPSA) is 92.9 Å². The van der Waals surface area contributed by atoms with Crippen molar-refractivity contribution < 1.29 is 14.7 Å². The van der Waals surface area contributed by atoms with E-state index in [4.69, 9.17) is 12.3 Å². The number of nitrogens with zero attached hydrogens (tertiary/aromatic N) is 3. The summed E-state index contributed by atoms with van der Waals surface area (Å²) >= 11 is 0. The second kappa shape index (κ2) is 9.80. The maximum Gasteiger partial charge on any atom is 0.218 e. The first-order chi connectivity index (χ1) is 16.3. The fourth-order valence-corrected chi connectivity index (χ4v) is 4.88. The highest BCUT2D eigenvalue weighted by Gasteiger charge is 2.25. The molecule has 0 saturated carbocycles. The van der Waals surface area contributed by atoms with E-state index >= 15 is 0 Å². The molecule has 1 aliphatic rings. The number of benzene rings is 2. The molecular weight excluding hydrogens is 428 g/mol. The number of nitrogens with two attached hydrogens (primary N) is 1. The number of amides is 1. The highest BCUT2D eigenvalue weighted by atomic mass is 16.3. The number of Topliss-reactive ketones (excluding diaryl/α,β-unsaturated/α-hetero) is 1. The molecule has 7 heteroatoms. The summed E-state index contributed by atoms with van der Waals surface area (Å²) in [6, 6.07) is 13.3. The van der Waals surface area contributed by atoms with E-state index in [0.717, 1.165) is 27.8 Å². The Hall–Kier alpha value is -3.47. The molecule has 0 radical (unpaired) electrons. The summed E-state index contributed by atoms with van der Waals surface area (Å²) in [7, 11) is 0. The van der Waals surface area contributed by atoms with Gasteiger partial charge in [-0.2, -0.15) is 0 Å². The molecule has 2 heterocycles. The number of primary amides is 1. The molecule has 176 valence electrons. The van der Waals surface area contributed by atoms with Gasteiger partial charge < -0.3 is 15.4 Å². The number of fused-ring (bicyclic) bond motifs is 1. The van der Waals surface area contributed by atoms with Crippen molar-refractivity contribution in [2.45, 2.75) is 45.1 Å². The molecule has 2 aromatic carbocycles. The van der Waals surface area contributed by atoms with E-state index in [2.05, 4.69) is 14.3 Å². The molecule has 3 aromatic rings. The molecule has 0 bridgehead atoms. The zero-order chi connectivity index (χ0) is 24.4. The van der Waals surface area contributed by atoms with Crippen LogP contribution in [0.25, 0.3) is 21.4 Å². The maximum atomic E-state index is 13.5. The summed E-state index contributed by atoms with van der Waals surface area (Å²) < 4.78 is 2.05. The van der Waals surface area contributed by atoms with Crippen LogP contribution in [0.2, 0.25) is 0 Å². The van der Waals surface area contributed by atoms with E-state index in [1.54, 1.807) is 12.1 Å². The standard InChI is InChI=1S/C27H30N4O3/c1-17(14-26(28)34)19-4-9-23-24(15-19)31(21-7-5-20(29-3)6-8-21)18(2)27(23)25(33)16-30-12-10-22(32)11-13-30/h4-9,15,17,22,32H,10-14,16H2,1-2H3,(H2,28,34). The van der Waals surface area contributed by atoms with Crippen molar-refractivity contribution in [2.75, 3.05) is 19.6 Å². The van der Waals surface area contributed by atoms with Crippen LogP contribution < -0.4 is 5.73 Å². The van der Waals surface area contributed by atoms with Crippen LogP contribution >= 0.6 is 0 Å². The smallest absolute Gasteiger partial charge is 0.218 e. The van der Waals surface area contributed by atoms with Gasteiger partial charge in [-0.3, -0.25) is 14.5 Å². The SMILES string of the molecule is [C-]#[N+]c1ccc(-n2c(C)c(C(=O)CN3CCC(O)CC3)c3ccc(C(C)CC(N)=O)cc32)cc1. The predicted molar refractivity (Wildman–Crippen MR) is 133 cm³/mol. The number of ketones is 1. The monoisotopic (exact) mass is 458 g/mol. The van der Waals surface area contributed by atoms with Crippen molar-refractivity contribution >= 4 is 28.3 Å². The number of aliphatic hydroxyl groups excluding tert-OH is 1. The fraction of sp³-hybridized carbons (Fsp3) is 0.370. The van der Waals surface area contributed by atoms with Crippen LogP contribution in [0.5, 0.6) is 0 Å². The van der Waals surface area contributed by atoms with Gasteiger partial charge in [0.2, 0.25) is 5.91 Å². The Morgan fingerprint density at radius 3 is 2.47 bits per heavy atom. The van der Waals surface area contributed by atoms with E-state index in [0.29, 0.717) is 43.7 Å². The molecule has 1 saturated heterocycles. The molecule has 3 N–H and O–H groups in total. The van der Waals surface area contributed by atoms with E-state index in [1.807, 2.05) is 44.2 Å². The first-order valence-electron chi connectivity index (χ1n) is 11.6. The second-order valence-corrected chi connectivity index (χ2v) is 9.20. The lowest BCUT2D eigenvalue weighted by Crippen LogP contribution is -2.39. The largest absolute Gasteiger partial charge is 0.393 e. The third-order valence-corrected chi connectivity index (χ3v) is 6.75. The number of likely N-dealkylation sites (tertiary alicyclic amines) is 1. The third-order valence-electron chi connectivity index (χ3n) is 6.75. The van der Waals surface area contributed by atoms with Crippen LogP contribution in [0.3, 0.4) is 0 Å². The number of carbonyl (C=O) groups is 2. The van der Waals surface area contributed by atoms with Gasteiger partial charge in [-0.15, -0.1) is 0 Å². The molecule has 1 unspecified atom stereocenters. The summed E-state index contributed by atoms with van der Waals surface area (Å²) in [5.41, 5.74) is 10.2. The zero-order valence-electron chi connectivity index (χ0n) is 19.6. The number of rotatable bonds is 7. The Morgan fingerprint density at radius 1 is 1.18 bits per heavy atom. The first kappa shape index (κ1) is 23.7. The lowest BCUT2D eigenvalue weighted by Gasteiger charge is -2.28. The number of hydrogen-bond donors (Lipinski definition) is 2. The molecule has 1 aliphatic heterocycles. The van der Waals surface area contributed by atoms with Crippen LogP contribution in [0.1, 0.15) is 53.7 Å². The minimum Gasteiger partial charge on any atom is -0.393 e. The number of piperidine rings is 1. The molecule has 1 amide bonds. The molecule has 1 aromatic heterocycles. The highest BCUT2D eigenvalue weighted by molar-refractivity contribution is 6.11. The quantitative estimate of drug-likeness (QED) is 0.412. The highest BCUT2D eigenvalue weighted by Crippen LogP contribution is 2.33. The summed E-state index contributed by atoms with van der Waals surface area (Å²) in [6.45, 7) is 12.9. The van der Waals surface area contributed by atoms with Gasteiger partial charge in [0.15, 0.2) is 11.5 Å². The maximum absolute atomic E-state index is 13.5. The van der Waals surface area contributed by atoms with Crippen molar-refractivity contribution in [3.63, 3.8) is 0 Å². The number of carbonyl (C=O) groups excluding carboxylic acids is 2. The summed E-state index contributed by atoms with van der Waals surface area (Å²) in [5, 5.41) is 10.7. The molecule has 0 aliphatic carbocycles. The molecule has 7 nitrogen and oxygen atoms in total. The van der Waals surface area contributed by atoms with Crippen LogP contribution in [-0.4, -0.2) is 52.0 Å². The molecule has 4 rings (SSSR count). The summed E-state index contributed by atoms with van der Waals surface area (Å²) in [4.78, 5) is 30.6. The van der Waals surface area contributed by atoms with E-state index in [-0.39, 0.29) is 30.1 Å². The van der Waals surface area contributed by atoms with Crippen LogP contribution in [-0.2, 0) is 4.79 Å². The van der Waals surface area contributed by atoms with Gasteiger partial charge in [-0.05, 0) is 49.4 Å². The van der Waals surface area contributed by atoms with E-state index < -0.39 is 0 Å². The van der Waals surface area contributed by atoms with Crippen molar-refractivity contribution in [3.05, 3.63) is 70.7 Å². The van der Waals surface area contributed by atoms with Crippen molar-refractivity contribution in [3.8, 4) is 5.69 Å². The van der Waals surface area contributed by atoms with Crippen LogP contribution in [0.15, 0.2) is 42.5 Å². The zero-order valence-corrected chi connectivity index (χ0v) is 19.6. The average molecular weight is 459 g/mol.